The van der Waals surface area contributed by atoms with Gasteiger partial charge in [0.1, 0.15) is 0 Å². The Morgan fingerprint density at radius 1 is 1.09 bits per heavy atom. The number of halogens is 2. The van der Waals surface area contributed by atoms with Crippen LogP contribution >= 0.6 is 36.6 Å². The van der Waals surface area contributed by atoms with Crippen molar-refractivity contribution in [1.82, 2.24) is 15.1 Å². The van der Waals surface area contributed by atoms with Crippen LogP contribution in [-0.4, -0.2) is 72.0 Å². The maximum atomic E-state index is 12.6. The maximum Gasteiger partial charge on any atom is 0.224 e. The molecule has 3 aliphatic rings. The highest BCUT2D eigenvalue weighted by molar-refractivity contribution is 7.99. The SMILES string of the molecule is Cl.Cl.O=C(CC1CSCCN1)N1CCCC1CN1CCCCC1. The molecule has 3 fully saturated rings. The van der Waals surface area contributed by atoms with Gasteiger partial charge in [0.2, 0.25) is 5.91 Å². The van der Waals surface area contributed by atoms with Crippen LogP contribution in [0.25, 0.3) is 0 Å². The zero-order valence-corrected chi connectivity index (χ0v) is 16.3. The average molecular weight is 384 g/mol. The molecule has 3 heterocycles. The number of hydrogen-bond donors (Lipinski definition) is 1. The lowest BCUT2D eigenvalue weighted by atomic mass is 10.1. The zero-order chi connectivity index (χ0) is 14.5. The number of hydrogen-bond acceptors (Lipinski definition) is 4. The number of nitrogens with one attached hydrogen (secondary N) is 1. The molecule has 0 aromatic heterocycles. The molecule has 2 unspecified atom stereocenters. The van der Waals surface area contributed by atoms with Crippen molar-refractivity contribution in [1.29, 1.82) is 0 Å². The molecule has 0 aliphatic carbocycles. The van der Waals surface area contributed by atoms with Gasteiger partial charge in [0.05, 0.1) is 0 Å². The van der Waals surface area contributed by atoms with E-state index in [1.807, 2.05) is 11.8 Å². The number of rotatable bonds is 4. The summed E-state index contributed by atoms with van der Waals surface area (Å²) in [5, 5.41) is 3.49. The first-order chi connectivity index (χ1) is 10.3. The fourth-order valence-corrected chi connectivity index (χ4v) is 4.82. The van der Waals surface area contributed by atoms with E-state index in [-0.39, 0.29) is 24.8 Å². The van der Waals surface area contributed by atoms with Crippen LogP contribution in [0.1, 0.15) is 38.5 Å². The van der Waals surface area contributed by atoms with E-state index in [0.29, 0.717) is 24.4 Å². The number of carbonyl (C=O) groups excluding carboxylic acids is 1. The lowest BCUT2D eigenvalue weighted by Gasteiger charge is -2.34. The first kappa shape index (κ1) is 21.4. The molecule has 1 N–H and O–H groups in total. The zero-order valence-electron chi connectivity index (χ0n) is 13.9. The van der Waals surface area contributed by atoms with Gasteiger partial charge in [-0.25, -0.2) is 0 Å². The standard InChI is InChI=1S/C16H29N3OS.2ClH/c20-16(11-14-13-21-10-6-17-14)19-9-4-5-15(19)12-18-7-2-1-3-8-18;;/h14-15,17H,1-13H2;2*1H. The van der Waals surface area contributed by atoms with Gasteiger partial charge >= 0.3 is 0 Å². The van der Waals surface area contributed by atoms with Crippen LogP contribution < -0.4 is 5.32 Å². The van der Waals surface area contributed by atoms with Gasteiger partial charge < -0.3 is 15.1 Å². The molecule has 0 radical (unpaired) electrons. The monoisotopic (exact) mass is 383 g/mol. The topological polar surface area (TPSA) is 35.6 Å². The van der Waals surface area contributed by atoms with E-state index in [9.17, 15) is 4.79 Å². The van der Waals surface area contributed by atoms with Gasteiger partial charge in [0, 0.05) is 49.6 Å². The van der Waals surface area contributed by atoms with E-state index in [1.165, 1.54) is 50.9 Å². The second kappa shape index (κ2) is 11.0. The molecule has 0 saturated carbocycles. The maximum absolute atomic E-state index is 12.6. The Morgan fingerprint density at radius 2 is 1.87 bits per heavy atom. The second-order valence-corrected chi connectivity index (χ2v) is 7.82. The van der Waals surface area contributed by atoms with Crippen LogP contribution in [0, 0.1) is 0 Å². The normalized spacial score (nSPS) is 28.8. The lowest BCUT2D eigenvalue weighted by Crippen LogP contribution is -2.47. The quantitative estimate of drug-likeness (QED) is 0.808. The Hall–Kier alpha value is 0.320. The largest absolute Gasteiger partial charge is 0.338 e. The van der Waals surface area contributed by atoms with Gasteiger partial charge in [0.25, 0.3) is 0 Å². The van der Waals surface area contributed by atoms with Gasteiger partial charge in [0.15, 0.2) is 0 Å². The highest BCUT2D eigenvalue weighted by Gasteiger charge is 2.31. The van der Waals surface area contributed by atoms with E-state index >= 15 is 0 Å². The molecule has 3 rings (SSSR count). The first-order valence-corrected chi connectivity index (χ1v) is 9.81. The van der Waals surface area contributed by atoms with Gasteiger partial charge in [-0.1, -0.05) is 6.42 Å². The summed E-state index contributed by atoms with van der Waals surface area (Å²) in [6, 6.07) is 0.874. The molecular formula is C16H31Cl2N3OS. The third kappa shape index (κ3) is 6.28. The van der Waals surface area contributed by atoms with Crippen molar-refractivity contribution in [2.45, 2.75) is 50.6 Å². The van der Waals surface area contributed by atoms with Crippen molar-refractivity contribution >= 4 is 42.5 Å². The third-order valence-electron chi connectivity index (χ3n) is 5.03. The van der Waals surface area contributed by atoms with Crippen molar-refractivity contribution in [3.63, 3.8) is 0 Å². The molecule has 3 saturated heterocycles. The number of likely N-dealkylation sites (tertiary alicyclic amines) is 2. The first-order valence-electron chi connectivity index (χ1n) is 8.66. The highest BCUT2D eigenvalue weighted by Crippen LogP contribution is 2.22. The van der Waals surface area contributed by atoms with Crippen molar-refractivity contribution in [2.24, 2.45) is 0 Å². The predicted molar refractivity (Wildman–Crippen MR) is 103 cm³/mol. The molecule has 3 aliphatic heterocycles. The van der Waals surface area contributed by atoms with Crippen molar-refractivity contribution in [2.75, 3.05) is 44.2 Å². The number of piperidine rings is 1. The summed E-state index contributed by atoms with van der Waals surface area (Å²) in [5.41, 5.74) is 0. The number of nitrogens with zero attached hydrogens (tertiary/aromatic N) is 2. The Kier molecular flexibility index (Phi) is 10.3. The molecular weight excluding hydrogens is 353 g/mol. The van der Waals surface area contributed by atoms with E-state index in [0.717, 1.165) is 25.4 Å². The highest BCUT2D eigenvalue weighted by atomic mass is 35.5. The van der Waals surface area contributed by atoms with Crippen molar-refractivity contribution < 1.29 is 4.79 Å². The number of amides is 1. The smallest absolute Gasteiger partial charge is 0.224 e. The molecule has 0 aromatic rings. The van der Waals surface area contributed by atoms with Gasteiger partial charge in [-0.2, -0.15) is 11.8 Å². The summed E-state index contributed by atoms with van der Waals surface area (Å²) in [7, 11) is 0. The molecule has 7 heteroatoms. The Labute approximate surface area is 157 Å². The summed E-state index contributed by atoms with van der Waals surface area (Å²) in [6.45, 7) is 5.62. The van der Waals surface area contributed by atoms with Gasteiger partial charge in [-0.3, -0.25) is 4.79 Å². The summed E-state index contributed by atoms with van der Waals surface area (Å²) >= 11 is 1.98. The predicted octanol–water partition coefficient (Wildman–Crippen LogP) is 2.40. The minimum atomic E-state index is 0. The van der Waals surface area contributed by atoms with Crippen LogP contribution in [-0.2, 0) is 4.79 Å². The molecule has 1 amide bonds. The summed E-state index contributed by atoms with van der Waals surface area (Å²) in [6.07, 6.45) is 7.15. The molecule has 23 heavy (non-hydrogen) atoms. The Morgan fingerprint density at radius 3 is 2.57 bits per heavy atom. The molecule has 0 spiro atoms. The molecule has 2 atom stereocenters. The van der Waals surface area contributed by atoms with Crippen molar-refractivity contribution in [3.05, 3.63) is 0 Å². The third-order valence-corrected chi connectivity index (χ3v) is 6.17. The van der Waals surface area contributed by atoms with E-state index < -0.39 is 0 Å². The molecule has 0 bridgehead atoms. The molecule has 136 valence electrons. The minimum absolute atomic E-state index is 0. The summed E-state index contributed by atoms with van der Waals surface area (Å²) < 4.78 is 0. The number of carbonyl (C=O) groups is 1. The van der Waals surface area contributed by atoms with E-state index in [2.05, 4.69) is 15.1 Å². The van der Waals surface area contributed by atoms with Crippen LogP contribution in [0.15, 0.2) is 0 Å². The van der Waals surface area contributed by atoms with Crippen LogP contribution in [0.2, 0.25) is 0 Å². The van der Waals surface area contributed by atoms with Gasteiger partial charge in [-0.15, -0.1) is 24.8 Å². The van der Waals surface area contributed by atoms with E-state index in [4.69, 9.17) is 0 Å². The fraction of sp³-hybridized carbons (Fsp3) is 0.938. The van der Waals surface area contributed by atoms with Crippen LogP contribution in [0.3, 0.4) is 0 Å². The summed E-state index contributed by atoms with van der Waals surface area (Å²) in [5.74, 6) is 2.66. The summed E-state index contributed by atoms with van der Waals surface area (Å²) in [4.78, 5) is 17.4. The van der Waals surface area contributed by atoms with Gasteiger partial charge in [-0.05, 0) is 38.8 Å². The second-order valence-electron chi connectivity index (χ2n) is 6.67. The Bertz CT molecular complexity index is 350. The van der Waals surface area contributed by atoms with Crippen LogP contribution in [0.4, 0.5) is 0 Å². The fourth-order valence-electron chi connectivity index (χ4n) is 3.87. The molecule has 4 nitrogen and oxygen atoms in total. The Balaban J connectivity index is 0.00000132. The average Bonchev–Trinajstić information content (AvgIpc) is 2.97. The van der Waals surface area contributed by atoms with Crippen molar-refractivity contribution in [3.8, 4) is 0 Å². The molecule has 0 aromatic carbocycles. The lowest BCUT2D eigenvalue weighted by molar-refractivity contribution is -0.132. The van der Waals surface area contributed by atoms with Crippen LogP contribution in [0.5, 0.6) is 0 Å². The number of thioether (sulfide) groups is 1. The van der Waals surface area contributed by atoms with E-state index in [1.54, 1.807) is 0 Å². The minimum Gasteiger partial charge on any atom is -0.338 e.